The summed E-state index contributed by atoms with van der Waals surface area (Å²) in [6.45, 7) is 3.10. The number of nitrogens with zero attached hydrogens (tertiary/aromatic N) is 2. The lowest BCUT2D eigenvalue weighted by molar-refractivity contribution is -0.137. The number of carboxylic acids is 1. The zero-order valence-electron chi connectivity index (χ0n) is 22.0. The Kier molecular flexibility index (Phi) is 10.8. The van der Waals surface area contributed by atoms with Crippen LogP contribution in [0.3, 0.4) is 0 Å². The first-order valence-corrected chi connectivity index (χ1v) is 12.7. The van der Waals surface area contributed by atoms with E-state index in [9.17, 15) is 14.7 Å². The number of piperazine rings is 1. The molecule has 8 heteroatoms. The summed E-state index contributed by atoms with van der Waals surface area (Å²) in [4.78, 5) is 26.9. The number of ether oxygens (including phenoxy) is 2. The van der Waals surface area contributed by atoms with Crippen LogP contribution in [0.1, 0.15) is 24.0 Å². The van der Waals surface area contributed by atoms with Crippen molar-refractivity contribution >= 4 is 17.6 Å². The zero-order valence-corrected chi connectivity index (χ0v) is 22.0. The number of carbonyl (C=O) groups is 2. The van der Waals surface area contributed by atoms with Crippen molar-refractivity contribution in [3.05, 3.63) is 83.9 Å². The van der Waals surface area contributed by atoms with Crippen molar-refractivity contribution in [2.75, 3.05) is 45.3 Å². The van der Waals surface area contributed by atoms with Gasteiger partial charge in [-0.1, -0.05) is 24.3 Å². The van der Waals surface area contributed by atoms with Crippen molar-refractivity contribution in [1.82, 2.24) is 4.90 Å². The average molecular weight is 521 g/mol. The van der Waals surface area contributed by atoms with E-state index in [-0.39, 0.29) is 18.1 Å². The molecule has 1 fully saturated rings. The van der Waals surface area contributed by atoms with Gasteiger partial charge in [0.05, 0.1) is 14.2 Å². The molecule has 38 heavy (non-hydrogen) atoms. The third-order valence-corrected chi connectivity index (χ3v) is 6.37. The average Bonchev–Trinajstić information content (AvgIpc) is 2.96. The maximum atomic E-state index is 12.5. The smallest absolute Gasteiger partial charge is 0.303 e. The Morgan fingerprint density at radius 1 is 0.763 bits per heavy atom. The zero-order chi connectivity index (χ0) is 27.3. The summed E-state index contributed by atoms with van der Waals surface area (Å²) >= 11 is 0. The standard InChI is InChI=1S/C20H24N2O3.C10H12O3/c1-25-19-4-2-3-16(15-19)5-10-20(24)22-13-11-21(12-14-22)17-6-8-18(23)9-7-17;1-13-9-4-2-3-8(7-9)5-6-10(11)12/h2-4,6-9,15,23H,5,10-14H2,1H3;2-4,7H,5-6H2,1H3,(H,11,12). The van der Waals surface area contributed by atoms with Gasteiger partial charge in [0.2, 0.25) is 5.91 Å². The first-order valence-electron chi connectivity index (χ1n) is 12.7. The summed E-state index contributed by atoms with van der Waals surface area (Å²) in [6, 6.07) is 22.5. The molecule has 1 saturated heterocycles. The Hall–Kier alpha value is -4.20. The second kappa shape index (κ2) is 14.5. The Bertz CT molecular complexity index is 1170. The molecule has 8 nitrogen and oxygen atoms in total. The van der Waals surface area contributed by atoms with E-state index >= 15 is 0 Å². The van der Waals surface area contributed by atoms with E-state index in [4.69, 9.17) is 14.6 Å². The van der Waals surface area contributed by atoms with Gasteiger partial charge in [0.25, 0.3) is 0 Å². The van der Waals surface area contributed by atoms with E-state index in [2.05, 4.69) is 4.90 Å². The number of carbonyl (C=O) groups excluding carboxylic acids is 1. The first-order chi connectivity index (χ1) is 18.4. The topological polar surface area (TPSA) is 99.5 Å². The molecular formula is C30H36N2O6. The van der Waals surface area contributed by atoms with E-state index in [1.54, 1.807) is 26.4 Å². The largest absolute Gasteiger partial charge is 0.508 e. The molecule has 0 radical (unpaired) electrons. The second-order valence-electron chi connectivity index (χ2n) is 8.98. The molecule has 3 aromatic rings. The van der Waals surface area contributed by atoms with Crippen LogP contribution >= 0.6 is 0 Å². The third kappa shape index (κ3) is 9.03. The van der Waals surface area contributed by atoms with Gasteiger partial charge in [-0.3, -0.25) is 9.59 Å². The van der Waals surface area contributed by atoms with Crippen LogP contribution in [-0.4, -0.2) is 67.4 Å². The molecule has 1 amide bonds. The SMILES string of the molecule is COc1cccc(CCC(=O)N2CCN(c3ccc(O)cc3)CC2)c1.COc1cccc(CCC(=O)O)c1. The van der Waals surface area contributed by atoms with Gasteiger partial charge in [0.15, 0.2) is 0 Å². The molecule has 0 spiro atoms. The van der Waals surface area contributed by atoms with Crippen molar-refractivity contribution in [3.63, 3.8) is 0 Å². The number of rotatable bonds is 9. The van der Waals surface area contributed by atoms with Crippen LogP contribution < -0.4 is 14.4 Å². The van der Waals surface area contributed by atoms with Crippen LogP contribution in [0, 0.1) is 0 Å². The highest BCUT2D eigenvalue weighted by atomic mass is 16.5. The number of methoxy groups -OCH3 is 2. The number of carboxylic acid groups (broad SMARTS) is 1. The molecule has 1 aliphatic heterocycles. The quantitative estimate of drug-likeness (QED) is 0.432. The van der Waals surface area contributed by atoms with Crippen molar-refractivity contribution in [2.24, 2.45) is 0 Å². The van der Waals surface area contributed by atoms with Crippen LogP contribution in [0.25, 0.3) is 0 Å². The highest BCUT2D eigenvalue weighted by Crippen LogP contribution is 2.20. The lowest BCUT2D eigenvalue weighted by Gasteiger charge is -2.36. The van der Waals surface area contributed by atoms with Crippen LogP contribution in [0.5, 0.6) is 17.2 Å². The fourth-order valence-corrected chi connectivity index (χ4v) is 4.19. The lowest BCUT2D eigenvalue weighted by Crippen LogP contribution is -2.48. The first kappa shape index (κ1) is 28.4. The van der Waals surface area contributed by atoms with E-state index in [0.717, 1.165) is 60.9 Å². The number of hydrogen-bond donors (Lipinski definition) is 2. The van der Waals surface area contributed by atoms with E-state index < -0.39 is 5.97 Å². The number of aryl methyl sites for hydroxylation is 2. The Morgan fingerprint density at radius 3 is 1.79 bits per heavy atom. The van der Waals surface area contributed by atoms with Crippen LogP contribution in [0.4, 0.5) is 5.69 Å². The van der Waals surface area contributed by atoms with Gasteiger partial charge in [-0.15, -0.1) is 0 Å². The fourth-order valence-electron chi connectivity index (χ4n) is 4.19. The molecule has 0 bridgehead atoms. The third-order valence-electron chi connectivity index (χ3n) is 6.37. The predicted molar refractivity (Wildman–Crippen MR) is 147 cm³/mol. The van der Waals surface area contributed by atoms with Gasteiger partial charge < -0.3 is 29.5 Å². The van der Waals surface area contributed by atoms with Gasteiger partial charge in [-0.25, -0.2) is 0 Å². The molecule has 202 valence electrons. The molecule has 1 aliphatic rings. The molecule has 3 aromatic carbocycles. The lowest BCUT2D eigenvalue weighted by atomic mass is 10.1. The number of benzene rings is 3. The number of aliphatic carboxylic acids is 1. The Balaban J connectivity index is 0.000000260. The predicted octanol–water partition coefficient (Wildman–Crippen LogP) is 4.39. The Morgan fingerprint density at radius 2 is 1.29 bits per heavy atom. The number of amides is 1. The number of anilines is 1. The molecule has 2 N–H and O–H groups in total. The van der Waals surface area contributed by atoms with Crippen molar-refractivity contribution in [3.8, 4) is 17.2 Å². The summed E-state index contributed by atoms with van der Waals surface area (Å²) in [5.41, 5.74) is 3.19. The Labute approximate surface area is 224 Å². The molecule has 4 rings (SSSR count). The van der Waals surface area contributed by atoms with Crippen LogP contribution in [0.2, 0.25) is 0 Å². The molecule has 0 saturated carbocycles. The minimum absolute atomic E-state index is 0.160. The molecule has 0 aromatic heterocycles. The van der Waals surface area contributed by atoms with E-state index in [0.29, 0.717) is 12.8 Å². The highest BCUT2D eigenvalue weighted by Gasteiger charge is 2.21. The molecule has 1 heterocycles. The number of hydrogen-bond acceptors (Lipinski definition) is 6. The number of phenolic OH excluding ortho intramolecular Hbond substituents is 1. The molecule has 0 unspecified atom stereocenters. The summed E-state index contributed by atoms with van der Waals surface area (Å²) < 4.78 is 10.2. The van der Waals surface area contributed by atoms with Gasteiger partial charge in [-0.2, -0.15) is 0 Å². The normalized spacial score (nSPS) is 12.8. The monoisotopic (exact) mass is 520 g/mol. The maximum absolute atomic E-state index is 12.5. The van der Waals surface area contributed by atoms with Crippen molar-refractivity contribution < 1.29 is 29.3 Å². The summed E-state index contributed by atoms with van der Waals surface area (Å²) in [5, 5.41) is 17.8. The maximum Gasteiger partial charge on any atom is 0.303 e. The second-order valence-corrected chi connectivity index (χ2v) is 8.98. The van der Waals surface area contributed by atoms with Crippen molar-refractivity contribution in [1.29, 1.82) is 0 Å². The number of aromatic hydroxyl groups is 1. The van der Waals surface area contributed by atoms with Gasteiger partial charge in [0, 0.05) is 44.7 Å². The summed E-state index contributed by atoms with van der Waals surface area (Å²) in [5.74, 6) is 1.29. The number of phenols is 1. The minimum Gasteiger partial charge on any atom is -0.508 e. The van der Waals surface area contributed by atoms with E-state index in [1.807, 2.05) is 65.6 Å². The van der Waals surface area contributed by atoms with Crippen LogP contribution in [-0.2, 0) is 22.4 Å². The molecular weight excluding hydrogens is 484 g/mol. The van der Waals surface area contributed by atoms with Gasteiger partial charge in [-0.05, 0) is 72.5 Å². The minimum atomic E-state index is -0.775. The summed E-state index contributed by atoms with van der Waals surface area (Å²) in [7, 11) is 3.24. The molecule has 0 atom stereocenters. The van der Waals surface area contributed by atoms with E-state index in [1.165, 1.54) is 0 Å². The fraction of sp³-hybridized carbons (Fsp3) is 0.333. The van der Waals surface area contributed by atoms with Gasteiger partial charge in [0.1, 0.15) is 17.2 Å². The van der Waals surface area contributed by atoms with Gasteiger partial charge >= 0.3 is 5.97 Å². The van der Waals surface area contributed by atoms with Crippen molar-refractivity contribution in [2.45, 2.75) is 25.7 Å². The van der Waals surface area contributed by atoms with Crippen LogP contribution in [0.15, 0.2) is 72.8 Å². The summed E-state index contributed by atoms with van der Waals surface area (Å²) in [6.07, 6.45) is 1.96. The molecule has 0 aliphatic carbocycles. The highest BCUT2D eigenvalue weighted by molar-refractivity contribution is 5.77.